The van der Waals surface area contributed by atoms with Crippen molar-refractivity contribution in [3.05, 3.63) is 59.7 Å². The summed E-state index contributed by atoms with van der Waals surface area (Å²) >= 11 is 0. The molecule has 4 nitrogen and oxygen atoms in total. The van der Waals surface area contributed by atoms with Crippen molar-refractivity contribution in [3.63, 3.8) is 0 Å². The van der Waals surface area contributed by atoms with Crippen LogP contribution in [0.25, 0.3) is 0 Å². The lowest BCUT2D eigenvalue weighted by Gasteiger charge is -2.11. The van der Waals surface area contributed by atoms with Crippen molar-refractivity contribution in [2.45, 2.75) is 33.2 Å². The molecule has 2 aromatic rings. The molecule has 2 rings (SSSR count). The second-order valence-corrected chi connectivity index (χ2v) is 5.58. The van der Waals surface area contributed by atoms with Crippen molar-refractivity contribution in [1.82, 2.24) is 5.32 Å². The van der Waals surface area contributed by atoms with E-state index in [9.17, 15) is 4.79 Å². The van der Waals surface area contributed by atoms with E-state index in [0.29, 0.717) is 32.6 Å². The maximum atomic E-state index is 11.9. The number of rotatable bonds is 9. The van der Waals surface area contributed by atoms with Gasteiger partial charge in [0.2, 0.25) is 5.91 Å². The third kappa shape index (κ3) is 5.95. The van der Waals surface area contributed by atoms with Gasteiger partial charge in [-0.05, 0) is 38.5 Å². The van der Waals surface area contributed by atoms with Gasteiger partial charge in [-0.25, -0.2) is 0 Å². The SMILES string of the molecule is CCOc1ccccc1CNC(=O)CCCOc1ccc(C)cc1. The van der Waals surface area contributed by atoms with Crippen molar-refractivity contribution >= 4 is 5.91 Å². The Kier molecular flexibility index (Phi) is 7.15. The lowest BCUT2D eigenvalue weighted by molar-refractivity contribution is -0.121. The molecule has 0 bridgehead atoms. The Morgan fingerprint density at radius 1 is 1.04 bits per heavy atom. The molecule has 0 aromatic heterocycles. The fraction of sp³-hybridized carbons (Fsp3) is 0.350. The van der Waals surface area contributed by atoms with Gasteiger partial charge in [0.05, 0.1) is 13.2 Å². The first-order valence-electron chi connectivity index (χ1n) is 8.36. The highest BCUT2D eigenvalue weighted by Crippen LogP contribution is 2.17. The highest BCUT2D eigenvalue weighted by atomic mass is 16.5. The fourth-order valence-corrected chi connectivity index (χ4v) is 2.29. The fourth-order valence-electron chi connectivity index (χ4n) is 2.29. The van der Waals surface area contributed by atoms with Crippen LogP contribution in [0.4, 0.5) is 0 Å². The van der Waals surface area contributed by atoms with E-state index in [1.54, 1.807) is 0 Å². The predicted molar refractivity (Wildman–Crippen MR) is 95.4 cm³/mol. The molecule has 0 aliphatic carbocycles. The van der Waals surface area contributed by atoms with E-state index in [2.05, 4.69) is 5.32 Å². The first-order chi connectivity index (χ1) is 11.7. The summed E-state index contributed by atoms with van der Waals surface area (Å²) in [6, 6.07) is 15.7. The maximum absolute atomic E-state index is 11.9. The molecule has 0 spiro atoms. The van der Waals surface area contributed by atoms with Crippen LogP contribution >= 0.6 is 0 Å². The van der Waals surface area contributed by atoms with Gasteiger partial charge in [0.25, 0.3) is 0 Å². The van der Waals surface area contributed by atoms with Gasteiger partial charge in [0, 0.05) is 18.5 Å². The van der Waals surface area contributed by atoms with Crippen molar-refractivity contribution < 1.29 is 14.3 Å². The molecular weight excluding hydrogens is 302 g/mol. The van der Waals surface area contributed by atoms with Gasteiger partial charge in [-0.3, -0.25) is 4.79 Å². The molecule has 4 heteroatoms. The van der Waals surface area contributed by atoms with Crippen molar-refractivity contribution in [3.8, 4) is 11.5 Å². The Labute approximate surface area is 143 Å². The Balaban J connectivity index is 1.67. The van der Waals surface area contributed by atoms with Crippen LogP contribution < -0.4 is 14.8 Å². The first-order valence-corrected chi connectivity index (χ1v) is 8.36. The Bertz CT molecular complexity index is 638. The Hall–Kier alpha value is -2.49. The zero-order valence-electron chi connectivity index (χ0n) is 14.4. The van der Waals surface area contributed by atoms with Gasteiger partial charge in [-0.15, -0.1) is 0 Å². The van der Waals surface area contributed by atoms with Crippen LogP contribution in [0.2, 0.25) is 0 Å². The van der Waals surface area contributed by atoms with E-state index >= 15 is 0 Å². The largest absolute Gasteiger partial charge is 0.494 e. The van der Waals surface area contributed by atoms with Crippen LogP contribution in [0.1, 0.15) is 30.9 Å². The summed E-state index contributed by atoms with van der Waals surface area (Å²) in [5.74, 6) is 1.68. The van der Waals surface area contributed by atoms with Gasteiger partial charge < -0.3 is 14.8 Å². The van der Waals surface area contributed by atoms with E-state index in [1.165, 1.54) is 5.56 Å². The molecule has 1 N–H and O–H groups in total. The van der Waals surface area contributed by atoms with E-state index in [4.69, 9.17) is 9.47 Å². The lowest BCUT2D eigenvalue weighted by atomic mass is 10.2. The minimum atomic E-state index is 0.0220. The van der Waals surface area contributed by atoms with Crippen molar-refractivity contribution in [2.75, 3.05) is 13.2 Å². The van der Waals surface area contributed by atoms with Gasteiger partial charge in [0.1, 0.15) is 11.5 Å². The molecule has 0 atom stereocenters. The summed E-state index contributed by atoms with van der Waals surface area (Å²) in [6.07, 6.45) is 1.13. The molecule has 128 valence electrons. The number of aryl methyl sites for hydroxylation is 1. The van der Waals surface area contributed by atoms with Crippen LogP contribution in [0.15, 0.2) is 48.5 Å². The number of para-hydroxylation sites is 1. The summed E-state index contributed by atoms with van der Waals surface area (Å²) < 4.78 is 11.2. The van der Waals surface area contributed by atoms with Crippen LogP contribution in [0.3, 0.4) is 0 Å². The van der Waals surface area contributed by atoms with Gasteiger partial charge in [-0.1, -0.05) is 35.9 Å². The van der Waals surface area contributed by atoms with Gasteiger partial charge >= 0.3 is 0 Å². The van der Waals surface area contributed by atoms with Crippen molar-refractivity contribution in [1.29, 1.82) is 0 Å². The van der Waals surface area contributed by atoms with Gasteiger partial charge in [0.15, 0.2) is 0 Å². The molecule has 0 saturated carbocycles. The average Bonchev–Trinajstić information content (AvgIpc) is 2.60. The molecular formula is C20H25NO3. The zero-order valence-corrected chi connectivity index (χ0v) is 14.4. The number of carbonyl (C=O) groups excluding carboxylic acids is 1. The number of ether oxygens (including phenoxy) is 2. The molecule has 0 heterocycles. The first kappa shape index (κ1) is 17.9. The normalized spacial score (nSPS) is 10.2. The molecule has 2 aromatic carbocycles. The molecule has 1 amide bonds. The van der Waals surface area contributed by atoms with E-state index < -0.39 is 0 Å². The maximum Gasteiger partial charge on any atom is 0.220 e. The van der Waals surface area contributed by atoms with E-state index in [-0.39, 0.29) is 5.91 Å². The minimum absolute atomic E-state index is 0.0220. The predicted octanol–water partition coefficient (Wildman–Crippen LogP) is 3.87. The minimum Gasteiger partial charge on any atom is -0.494 e. The number of hydrogen-bond donors (Lipinski definition) is 1. The summed E-state index contributed by atoms with van der Waals surface area (Å²) in [5.41, 5.74) is 2.19. The topological polar surface area (TPSA) is 47.6 Å². The Morgan fingerprint density at radius 2 is 1.79 bits per heavy atom. The second kappa shape index (κ2) is 9.60. The molecule has 0 radical (unpaired) electrons. The number of hydrogen-bond acceptors (Lipinski definition) is 3. The monoisotopic (exact) mass is 327 g/mol. The zero-order chi connectivity index (χ0) is 17.2. The van der Waals surface area contributed by atoms with Gasteiger partial charge in [-0.2, -0.15) is 0 Å². The molecule has 0 unspecified atom stereocenters. The number of benzene rings is 2. The smallest absolute Gasteiger partial charge is 0.220 e. The lowest BCUT2D eigenvalue weighted by Crippen LogP contribution is -2.23. The van der Waals surface area contributed by atoms with E-state index in [0.717, 1.165) is 17.1 Å². The van der Waals surface area contributed by atoms with E-state index in [1.807, 2.05) is 62.4 Å². The number of carbonyl (C=O) groups is 1. The molecule has 0 saturated heterocycles. The summed E-state index contributed by atoms with van der Waals surface area (Å²) in [7, 11) is 0. The van der Waals surface area contributed by atoms with Crippen LogP contribution in [-0.4, -0.2) is 19.1 Å². The van der Waals surface area contributed by atoms with Crippen LogP contribution in [0, 0.1) is 6.92 Å². The summed E-state index contributed by atoms with van der Waals surface area (Å²) in [5, 5.41) is 2.93. The molecule has 24 heavy (non-hydrogen) atoms. The quantitative estimate of drug-likeness (QED) is 0.711. The second-order valence-electron chi connectivity index (χ2n) is 5.58. The summed E-state index contributed by atoms with van der Waals surface area (Å²) in [4.78, 5) is 11.9. The third-order valence-corrected chi connectivity index (χ3v) is 3.59. The standard InChI is InChI=1S/C20H25NO3/c1-3-23-19-8-5-4-7-17(19)15-21-20(22)9-6-14-24-18-12-10-16(2)11-13-18/h4-5,7-8,10-13H,3,6,9,14-15H2,1-2H3,(H,21,22). The average molecular weight is 327 g/mol. The number of nitrogens with one attached hydrogen (secondary N) is 1. The highest BCUT2D eigenvalue weighted by molar-refractivity contribution is 5.75. The summed E-state index contributed by atoms with van der Waals surface area (Å²) in [6.45, 7) is 5.61. The highest BCUT2D eigenvalue weighted by Gasteiger charge is 2.05. The number of amides is 1. The van der Waals surface area contributed by atoms with Crippen LogP contribution in [0.5, 0.6) is 11.5 Å². The Morgan fingerprint density at radius 3 is 2.54 bits per heavy atom. The molecule has 0 aliphatic rings. The van der Waals surface area contributed by atoms with Crippen LogP contribution in [-0.2, 0) is 11.3 Å². The molecule has 0 fully saturated rings. The van der Waals surface area contributed by atoms with Crippen molar-refractivity contribution in [2.24, 2.45) is 0 Å². The molecule has 0 aliphatic heterocycles. The third-order valence-electron chi connectivity index (χ3n) is 3.59.